The maximum atomic E-state index is 12.2. The molecule has 1 aromatic rings. The number of carbonyl (C=O) groups excluding carboxylic acids is 1. The number of likely N-dealkylation sites (tertiary alicyclic amines) is 1. The monoisotopic (exact) mass is 249 g/mol. The quantitative estimate of drug-likeness (QED) is 0.837. The van der Waals surface area contributed by atoms with Gasteiger partial charge in [-0.3, -0.25) is 9.78 Å². The van der Waals surface area contributed by atoms with Crippen LogP contribution in [0, 0.1) is 5.92 Å². The summed E-state index contributed by atoms with van der Waals surface area (Å²) in [6.45, 7) is 2.19. The number of carbonyl (C=O) groups is 1. The van der Waals surface area contributed by atoms with Crippen LogP contribution >= 0.6 is 0 Å². The highest BCUT2D eigenvalue weighted by Gasteiger charge is 2.24. The first-order valence-electron chi connectivity index (χ1n) is 6.34. The fraction of sp³-hybridized carbons (Fsp3) is 0.538. The van der Waals surface area contributed by atoms with Crippen LogP contribution in [0.2, 0.25) is 0 Å². The standard InChI is InChI=1S/C13H19N3O2/c14-5-1-10-3-7-16(8-4-10)13(18)11-2-6-15-9-12(11)17/h2,6,9-10,17H,1,3-5,7-8,14H2. The Morgan fingerprint density at radius 1 is 1.50 bits per heavy atom. The maximum absolute atomic E-state index is 12.2. The number of rotatable bonds is 3. The fourth-order valence-electron chi connectivity index (χ4n) is 2.40. The van der Waals surface area contributed by atoms with Crippen molar-refractivity contribution in [1.82, 2.24) is 9.88 Å². The number of nitrogens with zero attached hydrogens (tertiary/aromatic N) is 2. The molecule has 2 rings (SSSR count). The highest BCUT2D eigenvalue weighted by atomic mass is 16.3. The van der Waals surface area contributed by atoms with Gasteiger partial charge in [0.05, 0.1) is 11.8 Å². The Hall–Kier alpha value is -1.62. The zero-order valence-corrected chi connectivity index (χ0v) is 10.4. The Morgan fingerprint density at radius 3 is 2.83 bits per heavy atom. The van der Waals surface area contributed by atoms with Gasteiger partial charge in [-0.25, -0.2) is 0 Å². The zero-order chi connectivity index (χ0) is 13.0. The summed E-state index contributed by atoms with van der Waals surface area (Å²) in [6, 6.07) is 1.56. The Kier molecular flexibility index (Phi) is 4.15. The van der Waals surface area contributed by atoms with Crippen LogP contribution in [0.25, 0.3) is 0 Å². The van der Waals surface area contributed by atoms with Gasteiger partial charge in [0.15, 0.2) is 0 Å². The van der Waals surface area contributed by atoms with Gasteiger partial charge in [-0.1, -0.05) is 0 Å². The Labute approximate surface area is 107 Å². The van der Waals surface area contributed by atoms with E-state index in [-0.39, 0.29) is 11.7 Å². The molecule has 5 heteroatoms. The number of pyridine rings is 1. The molecule has 98 valence electrons. The van der Waals surface area contributed by atoms with Gasteiger partial charge in [-0.2, -0.15) is 0 Å². The first-order chi connectivity index (χ1) is 8.72. The molecule has 18 heavy (non-hydrogen) atoms. The van der Waals surface area contributed by atoms with E-state index in [1.807, 2.05) is 0 Å². The second-order valence-corrected chi connectivity index (χ2v) is 4.71. The van der Waals surface area contributed by atoms with Gasteiger partial charge in [0.2, 0.25) is 0 Å². The number of amides is 1. The first-order valence-corrected chi connectivity index (χ1v) is 6.34. The number of aromatic hydroxyl groups is 1. The normalized spacial score (nSPS) is 16.8. The van der Waals surface area contributed by atoms with E-state index in [4.69, 9.17) is 5.73 Å². The second kappa shape index (κ2) is 5.82. The molecule has 0 bridgehead atoms. The van der Waals surface area contributed by atoms with Crippen molar-refractivity contribution in [2.75, 3.05) is 19.6 Å². The highest BCUT2D eigenvalue weighted by Crippen LogP contribution is 2.23. The molecule has 0 atom stereocenters. The molecule has 1 amide bonds. The fourth-order valence-corrected chi connectivity index (χ4v) is 2.40. The molecule has 1 aliphatic rings. The lowest BCUT2D eigenvalue weighted by atomic mass is 9.93. The molecule has 2 heterocycles. The van der Waals surface area contributed by atoms with Crippen molar-refractivity contribution in [3.63, 3.8) is 0 Å². The summed E-state index contributed by atoms with van der Waals surface area (Å²) in [5.74, 6) is 0.470. The van der Waals surface area contributed by atoms with Crippen molar-refractivity contribution < 1.29 is 9.90 Å². The average molecular weight is 249 g/mol. The average Bonchev–Trinajstić information content (AvgIpc) is 2.40. The van der Waals surface area contributed by atoms with Crippen molar-refractivity contribution in [2.24, 2.45) is 11.7 Å². The van der Waals surface area contributed by atoms with Gasteiger partial charge < -0.3 is 15.7 Å². The van der Waals surface area contributed by atoms with E-state index < -0.39 is 0 Å². The summed E-state index contributed by atoms with van der Waals surface area (Å²) in [5.41, 5.74) is 5.88. The Morgan fingerprint density at radius 2 is 2.22 bits per heavy atom. The van der Waals surface area contributed by atoms with Crippen LogP contribution in [0.4, 0.5) is 0 Å². The van der Waals surface area contributed by atoms with E-state index in [2.05, 4.69) is 4.98 Å². The molecule has 1 aromatic heterocycles. The van der Waals surface area contributed by atoms with Gasteiger partial charge in [0.25, 0.3) is 5.91 Å². The molecular formula is C13H19N3O2. The molecule has 0 spiro atoms. The van der Waals surface area contributed by atoms with E-state index >= 15 is 0 Å². The summed E-state index contributed by atoms with van der Waals surface area (Å²) in [6.07, 6.45) is 5.84. The third kappa shape index (κ3) is 2.79. The van der Waals surface area contributed by atoms with Gasteiger partial charge in [0, 0.05) is 19.3 Å². The first kappa shape index (κ1) is 12.8. The van der Waals surface area contributed by atoms with E-state index in [0.29, 0.717) is 18.0 Å². The number of aromatic nitrogens is 1. The Balaban J connectivity index is 1.98. The van der Waals surface area contributed by atoms with Crippen LogP contribution < -0.4 is 5.73 Å². The van der Waals surface area contributed by atoms with Crippen LogP contribution in [0.1, 0.15) is 29.6 Å². The van der Waals surface area contributed by atoms with Gasteiger partial charge >= 0.3 is 0 Å². The topological polar surface area (TPSA) is 79.5 Å². The molecular weight excluding hydrogens is 230 g/mol. The molecule has 5 nitrogen and oxygen atoms in total. The van der Waals surface area contributed by atoms with Crippen molar-refractivity contribution >= 4 is 5.91 Å². The predicted molar refractivity (Wildman–Crippen MR) is 68.2 cm³/mol. The largest absolute Gasteiger partial charge is 0.505 e. The lowest BCUT2D eigenvalue weighted by Crippen LogP contribution is -2.38. The maximum Gasteiger partial charge on any atom is 0.257 e. The van der Waals surface area contributed by atoms with Crippen LogP contribution in [0.3, 0.4) is 0 Å². The van der Waals surface area contributed by atoms with E-state index in [9.17, 15) is 9.90 Å². The minimum Gasteiger partial charge on any atom is -0.505 e. The Bertz CT molecular complexity index is 414. The molecule has 3 N–H and O–H groups in total. The van der Waals surface area contributed by atoms with E-state index in [0.717, 1.165) is 32.4 Å². The highest BCUT2D eigenvalue weighted by molar-refractivity contribution is 5.96. The number of nitrogens with two attached hydrogens (primary N) is 1. The van der Waals surface area contributed by atoms with Crippen LogP contribution in [-0.2, 0) is 0 Å². The summed E-state index contributed by atoms with van der Waals surface area (Å²) in [7, 11) is 0. The molecule has 0 aliphatic carbocycles. The summed E-state index contributed by atoms with van der Waals surface area (Å²) < 4.78 is 0. The molecule has 0 saturated carbocycles. The van der Waals surface area contributed by atoms with E-state index in [1.54, 1.807) is 11.0 Å². The summed E-state index contributed by atoms with van der Waals surface area (Å²) in [4.78, 5) is 17.8. The predicted octanol–water partition coefficient (Wildman–Crippen LogP) is 0.988. The minimum atomic E-state index is -0.110. The van der Waals surface area contributed by atoms with Gasteiger partial charge in [-0.05, 0) is 37.8 Å². The third-order valence-electron chi connectivity index (χ3n) is 3.51. The number of hydrogen-bond acceptors (Lipinski definition) is 4. The third-order valence-corrected chi connectivity index (χ3v) is 3.51. The van der Waals surface area contributed by atoms with E-state index in [1.165, 1.54) is 12.4 Å². The smallest absolute Gasteiger partial charge is 0.257 e. The zero-order valence-electron chi connectivity index (χ0n) is 10.4. The van der Waals surface area contributed by atoms with Crippen LogP contribution in [0.5, 0.6) is 5.75 Å². The SMILES string of the molecule is NCCC1CCN(C(=O)c2ccncc2O)CC1. The molecule has 1 aliphatic heterocycles. The molecule has 0 radical (unpaired) electrons. The van der Waals surface area contributed by atoms with Crippen molar-refractivity contribution in [1.29, 1.82) is 0 Å². The van der Waals surface area contributed by atoms with Gasteiger partial charge in [-0.15, -0.1) is 0 Å². The van der Waals surface area contributed by atoms with Crippen molar-refractivity contribution in [2.45, 2.75) is 19.3 Å². The number of hydrogen-bond donors (Lipinski definition) is 2. The lowest BCUT2D eigenvalue weighted by molar-refractivity contribution is 0.0685. The lowest BCUT2D eigenvalue weighted by Gasteiger charge is -2.32. The number of piperidine rings is 1. The molecule has 1 saturated heterocycles. The molecule has 0 aromatic carbocycles. The minimum absolute atomic E-state index is 0.0495. The second-order valence-electron chi connectivity index (χ2n) is 4.71. The van der Waals surface area contributed by atoms with Gasteiger partial charge in [0.1, 0.15) is 5.75 Å². The summed E-state index contributed by atoms with van der Waals surface area (Å²) in [5, 5.41) is 9.62. The van der Waals surface area contributed by atoms with Crippen molar-refractivity contribution in [3.05, 3.63) is 24.0 Å². The molecule has 1 fully saturated rings. The van der Waals surface area contributed by atoms with Crippen molar-refractivity contribution in [3.8, 4) is 5.75 Å². The molecule has 0 unspecified atom stereocenters. The van der Waals surface area contributed by atoms with Crippen LogP contribution in [-0.4, -0.2) is 40.5 Å². The summed E-state index contributed by atoms with van der Waals surface area (Å²) >= 11 is 0. The van der Waals surface area contributed by atoms with Crippen LogP contribution in [0.15, 0.2) is 18.5 Å².